The van der Waals surface area contributed by atoms with E-state index in [9.17, 15) is 4.79 Å². The fourth-order valence-electron chi connectivity index (χ4n) is 3.89. The van der Waals surface area contributed by atoms with E-state index in [-0.39, 0.29) is 11.6 Å². The van der Waals surface area contributed by atoms with Crippen molar-refractivity contribution in [3.05, 3.63) is 80.9 Å². The van der Waals surface area contributed by atoms with Crippen molar-refractivity contribution in [1.29, 1.82) is 0 Å². The van der Waals surface area contributed by atoms with Crippen LogP contribution in [-0.4, -0.2) is 40.1 Å². The predicted octanol–water partition coefficient (Wildman–Crippen LogP) is 5.14. The van der Waals surface area contributed by atoms with Crippen molar-refractivity contribution in [1.82, 2.24) is 34.2 Å². The molecule has 0 unspecified atom stereocenters. The van der Waals surface area contributed by atoms with Crippen LogP contribution < -0.4 is 5.32 Å². The van der Waals surface area contributed by atoms with Gasteiger partial charge in [-0.05, 0) is 60.5 Å². The summed E-state index contributed by atoms with van der Waals surface area (Å²) in [6.07, 6.45) is 3.59. The van der Waals surface area contributed by atoms with Gasteiger partial charge in [0, 0.05) is 30.0 Å². The van der Waals surface area contributed by atoms with Crippen LogP contribution in [0.4, 0.5) is 5.69 Å². The summed E-state index contributed by atoms with van der Waals surface area (Å²) in [4.78, 5) is 17.5. The van der Waals surface area contributed by atoms with Gasteiger partial charge < -0.3 is 5.32 Å². The Balaban J connectivity index is 1.43. The molecule has 4 aromatic heterocycles. The lowest BCUT2D eigenvalue weighted by Crippen LogP contribution is -2.14. The second-order valence-corrected chi connectivity index (χ2v) is 9.39. The molecule has 4 heterocycles. The van der Waals surface area contributed by atoms with Crippen molar-refractivity contribution in [3.8, 4) is 11.4 Å². The minimum Gasteiger partial charge on any atom is -0.317 e. The van der Waals surface area contributed by atoms with Crippen LogP contribution >= 0.6 is 27.5 Å². The van der Waals surface area contributed by atoms with Crippen LogP contribution in [0.3, 0.4) is 0 Å². The van der Waals surface area contributed by atoms with Gasteiger partial charge >= 0.3 is 0 Å². The highest BCUT2D eigenvalue weighted by Crippen LogP contribution is 2.27. The lowest BCUT2D eigenvalue weighted by atomic mass is 10.2. The molecule has 9 nitrogen and oxygen atoms in total. The first-order chi connectivity index (χ1) is 16.8. The molecule has 5 aromatic rings. The molecule has 0 atom stereocenters. The van der Waals surface area contributed by atoms with E-state index in [4.69, 9.17) is 11.6 Å². The van der Waals surface area contributed by atoms with Crippen LogP contribution in [0.15, 0.2) is 53.3 Å². The molecule has 0 spiro atoms. The van der Waals surface area contributed by atoms with Crippen molar-refractivity contribution in [3.63, 3.8) is 0 Å². The third-order valence-corrected chi connectivity index (χ3v) is 6.57. The zero-order valence-electron chi connectivity index (χ0n) is 19.3. The average Bonchev–Trinajstić information content (AvgIpc) is 3.52. The number of halogens is 2. The lowest BCUT2D eigenvalue weighted by molar-refractivity contribution is 0.102. The molecule has 0 radical (unpaired) electrons. The first-order valence-corrected chi connectivity index (χ1v) is 12.2. The van der Waals surface area contributed by atoms with Gasteiger partial charge in [0.25, 0.3) is 5.91 Å². The van der Waals surface area contributed by atoms with E-state index < -0.39 is 0 Å². The largest absolute Gasteiger partial charge is 0.317 e. The Kier molecular flexibility index (Phi) is 6.16. The van der Waals surface area contributed by atoms with E-state index in [0.717, 1.165) is 39.4 Å². The van der Waals surface area contributed by atoms with Crippen LogP contribution in [0.25, 0.3) is 17.0 Å². The standard InChI is InChI=1S/C24H22BrClN8O/c1-4-32-13-18(25)23(31-32)20-9-10-27-21-11-19(30-34(20)21)24(35)28-22-14(2)29-33(15(22)3)12-16-5-7-17(26)8-6-16/h5-11,13H,4,12H2,1-3H3,(H,28,35). The van der Waals surface area contributed by atoms with Crippen LogP contribution in [0.2, 0.25) is 5.02 Å². The smallest absolute Gasteiger partial charge is 0.276 e. The third kappa shape index (κ3) is 4.46. The molecule has 0 saturated carbocycles. The van der Waals surface area contributed by atoms with Gasteiger partial charge in [0.05, 0.1) is 33.8 Å². The SMILES string of the molecule is CCn1cc(Br)c(-c2ccnc3cc(C(=O)Nc4c(C)nn(Cc5ccc(Cl)cc5)c4C)nn23)n1. The number of amides is 1. The summed E-state index contributed by atoms with van der Waals surface area (Å²) in [5.41, 5.74) is 5.56. The summed E-state index contributed by atoms with van der Waals surface area (Å²) in [7, 11) is 0. The normalized spacial score (nSPS) is 11.3. The Morgan fingerprint density at radius 1 is 1.11 bits per heavy atom. The first-order valence-electron chi connectivity index (χ1n) is 11.0. The highest BCUT2D eigenvalue weighted by molar-refractivity contribution is 9.10. The van der Waals surface area contributed by atoms with E-state index in [1.54, 1.807) is 16.8 Å². The highest BCUT2D eigenvalue weighted by atomic mass is 79.9. The Morgan fingerprint density at radius 2 is 1.89 bits per heavy atom. The summed E-state index contributed by atoms with van der Waals surface area (Å²) >= 11 is 9.56. The van der Waals surface area contributed by atoms with Gasteiger partial charge in [0.15, 0.2) is 11.3 Å². The van der Waals surface area contributed by atoms with E-state index >= 15 is 0 Å². The second kappa shape index (κ2) is 9.27. The molecule has 35 heavy (non-hydrogen) atoms. The molecule has 0 saturated heterocycles. The number of nitrogens with zero attached hydrogens (tertiary/aromatic N) is 7. The molecular formula is C24H22BrClN8O. The van der Waals surface area contributed by atoms with Crippen molar-refractivity contribution in [2.75, 3.05) is 5.32 Å². The second-order valence-electron chi connectivity index (χ2n) is 8.10. The number of hydrogen-bond donors (Lipinski definition) is 1. The molecule has 0 bridgehead atoms. The van der Waals surface area contributed by atoms with E-state index in [1.807, 2.05) is 66.7 Å². The number of fused-ring (bicyclic) bond motifs is 1. The molecule has 178 valence electrons. The Hall–Kier alpha value is -3.50. The maximum Gasteiger partial charge on any atom is 0.276 e. The van der Waals surface area contributed by atoms with Gasteiger partial charge in [-0.2, -0.15) is 15.3 Å². The van der Waals surface area contributed by atoms with Crippen LogP contribution in [0, 0.1) is 13.8 Å². The van der Waals surface area contributed by atoms with Crippen molar-refractivity contribution < 1.29 is 4.79 Å². The summed E-state index contributed by atoms with van der Waals surface area (Å²) in [6.45, 7) is 7.12. The minimum atomic E-state index is -0.336. The molecule has 1 N–H and O–H groups in total. The number of carbonyl (C=O) groups is 1. The molecule has 0 aliphatic heterocycles. The lowest BCUT2D eigenvalue weighted by Gasteiger charge is -2.07. The number of rotatable bonds is 6. The fourth-order valence-corrected chi connectivity index (χ4v) is 4.54. The molecule has 5 rings (SSSR count). The van der Waals surface area contributed by atoms with Gasteiger partial charge in [-0.1, -0.05) is 23.7 Å². The molecule has 0 aliphatic rings. The zero-order chi connectivity index (χ0) is 24.7. The molecule has 1 aromatic carbocycles. The molecule has 0 fully saturated rings. The Labute approximate surface area is 214 Å². The van der Waals surface area contributed by atoms with E-state index in [0.29, 0.717) is 22.9 Å². The van der Waals surface area contributed by atoms with Crippen LogP contribution in [0.5, 0.6) is 0 Å². The number of aryl methyl sites for hydroxylation is 2. The fraction of sp³-hybridized carbons (Fsp3) is 0.208. The van der Waals surface area contributed by atoms with E-state index in [1.165, 1.54) is 0 Å². The third-order valence-electron chi connectivity index (χ3n) is 5.74. The van der Waals surface area contributed by atoms with Crippen LogP contribution in [0.1, 0.15) is 34.4 Å². The number of aromatic nitrogens is 7. The Bertz CT molecular complexity index is 1550. The van der Waals surface area contributed by atoms with Crippen LogP contribution in [-0.2, 0) is 13.1 Å². The van der Waals surface area contributed by atoms with Gasteiger partial charge in [-0.15, -0.1) is 0 Å². The molecular weight excluding hydrogens is 532 g/mol. The number of hydrogen-bond acceptors (Lipinski definition) is 5. The first kappa shape index (κ1) is 23.3. The molecule has 1 amide bonds. The quantitative estimate of drug-likeness (QED) is 0.314. The number of carbonyl (C=O) groups excluding carboxylic acids is 1. The zero-order valence-corrected chi connectivity index (χ0v) is 21.7. The summed E-state index contributed by atoms with van der Waals surface area (Å²) < 4.78 is 6.16. The molecule has 11 heteroatoms. The summed E-state index contributed by atoms with van der Waals surface area (Å²) in [5, 5.41) is 17.4. The van der Waals surface area contributed by atoms with Gasteiger partial charge in [-0.25, -0.2) is 9.50 Å². The number of nitrogens with one attached hydrogen (secondary N) is 1. The maximum absolute atomic E-state index is 13.2. The highest BCUT2D eigenvalue weighted by Gasteiger charge is 2.20. The minimum absolute atomic E-state index is 0.250. The number of anilines is 1. The van der Waals surface area contributed by atoms with Crippen molar-refractivity contribution in [2.45, 2.75) is 33.9 Å². The maximum atomic E-state index is 13.2. The van der Waals surface area contributed by atoms with Crippen molar-refractivity contribution in [2.24, 2.45) is 0 Å². The monoisotopic (exact) mass is 552 g/mol. The van der Waals surface area contributed by atoms with Gasteiger partial charge in [0.2, 0.25) is 0 Å². The Morgan fingerprint density at radius 3 is 2.60 bits per heavy atom. The molecule has 0 aliphatic carbocycles. The van der Waals surface area contributed by atoms with E-state index in [2.05, 4.69) is 41.5 Å². The van der Waals surface area contributed by atoms with Gasteiger partial charge in [0.1, 0.15) is 5.69 Å². The summed E-state index contributed by atoms with van der Waals surface area (Å²) in [5.74, 6) is -0.336. The summed E-state index contributed by atoms with van der Waals surface area (Å²) in [6, 6.07) is 11.1. The number of benzene rings is 1. The van der Waals surface area contributed by atoms with Crippen molar-refractivity contribution >= 4 is 44.8 Å². The average molecular weight is 554 g/mol. The van der Waals surface area contributed by atoms with Gasteiger partial charge in [-0.3, -0.25) is 14.2 Å². The predicted molar refractivity (Wildman–Crippen MR) is 138 cm³/mol. The topological polar surface area (TPSA) is 94.9 Å².